The van der Waals surface area contributed by atoms with E-state index in [2.05, 4.69) is 16.0 Å². The summed E-state index contributed by atoms with van der Waals surface area (Å²) in [5, 5.41) is 12.6. The van der Waals surface area contributed by atoms with E-state index in [0.717, 1.165) is 28.6 Å². The Morgan fingerprint density at radius 2 is 2.14 bits per heavy atom. The number of anilines is 1. The Kier molecular flexibility index (Phi) is 6.79. The molecule has 4 nitrogen and oxygen atoms in total. The summed E-state index contributed by atoms with van der Waals surface area (Å²) < 4.78 is 1.42. The lowest BCUT2D eigenvalue weighted by Crippen LogP contribution is -2.31. The summed E-state index contributed by atoms with van der Waals surface area (Å²) in [4.78, 5) is 11.5. The van der Waals surface area contributed by atoms with Gasteiger partial charge in [-0.1, -0.05) is 23.2 Å². The van der Waals surface area contributed by atoms with Gasteiger partial charge in [-0.25, -0.2) is 4.79 Å². The van der Waals surface area contributed by atoms with E-state index in [9.17, 15) is 4.79 Å². The third kappa shape index (κ3) is 5.84. The summed E-state index contributed by atoms with van der Waals surface area (Å²) >= 11 is 14.8. The average Bonchev–Trinajstić information content (AvgIpc) is 3.04. The Bertz CT molecular complexity index is 572. The third-order valence-corrected chi connectivity index (χ3v) is 4.89. The normalized spacial score (nSPS) is 10.6. The van der Waals surface area contributed by atoms with E-state index in [1.807, 2.05) is 22.9 Å². The van der Waals surface area contributed by atoms with Crippen LogP contribution in [0.2, 0.25) is 8.67 Å². The summed E-state index contributed by atoms with van der Waals surface area (Å²) in [5.74, 6) is 0. The van der Waals surface area contributed by atoms with Crippen molar-refractivity contribution < 1.29 is 4.79 Å². The molecule has 2 amide bonds. The molecule has 2 rings (SSSR count). The van der Waals surface area contributed by atoms with Gasteiger partial charge in [0.25, 0.3) is 0 Å². The number of hydrogen-bond donors (Lipinski definition) is 3. The van der Waals surface area contributed by atoms with Gasteiger partial charge >= 0.3 is 6.03 Å². The number of nitrogens with one attached hydrogen (secondary N) is 3. The first-order valence-electron chi connectivity index (χ1n) is 6.36. The molecule has 2 aromatic rings. The van der Waals surface area contributed by atoms with E-state index in [1.165, 1.54) is 11.3 Å². The van der Waals surface area contributed by atoms with Crippen LogP contribution < -0.4 is 16.0 Å². The number of carbonyl (C=O) groups excluding carboxylic acids is 1. The lowest BCUT2D eigenvalue weighted by molar-refractivity contribution is 0.252. The SMILES string of the molecule is O=C(NCCCNCc1cc(Cl)sc1Cl)Nc1ccsc1. The van der Waals surface area contributed by atoms with Crippen LogP contribution in [0.5, 0.6) is 0 Å². The first-order valence-corrected chi connectivity index (χ1v) is 8.88. The molecule has 0 fully saturated rings. The third-order valence-electron chi connectivity index (χ3n) is 2.64. The fourth-order valence-corrected chi connectivity index (χ4v) is 3.72. The van der Waals surface area contributed by atoms with Crippen LogP contribution in [-0.4, -0.2) is 19.1 Å². The molecule has 2 heterocycles. The van der Waals surface area contributed by atoms with Crippen LogP contribution >= 0.6 is 45.9 Å². The lowest BCUT2D eigenvalue weighted by Gasteiger charge is -2.07. The standard InChI is InChI=1S/C13H15Cl2N3OS2/c14-11-6-9(12(15)21-11)7-16-3-1-4-17-13(19)18-10-2-5-20-8-10/h2,5-6,8,16H,1,3-4,7H2,(H2,17,18,19). The summed E-state index contributed by atoms with van der Waals surface area (Å²) in [6.45, 7) is 2.09. The highest BCUT2D eigenvalue weighted by atomic mass is 35.5. The van der Waals surface area contributed by atoms with Crippen molar-refractivity contribution in [3.05, 3.63) is 37.1 Å². The van der Waals surface area contributed by atoms with Crippen molar-refractivity contribution in [3.8, 4) is 0 Å². The number of hydrogen-bond acceptors (Lipinski definition) is 4. The van der Waals surface area contributed by atoms with Crippen molar-refractivity contribution in [1.82, 2.24) is 10.6 Å². The molecule has 8 heteroatoms. The summed E-state index contributed by atoms with van der Waals surface area (Å²) in [6.07, 6.45) is 0.840. The average molecular weight is 364 g/mol. The van der Waals surface area contributed by atoms with Crippen molar-refractivity contribution >= 4 is 57.6 Å². The van der Waals surface area contributed by atoms with Crippen LogP contribution in [0.1, 0.15) is 12.0 Å². The minimum absolute atomic E-state index is 0.180. The first kappa shape index (κ1) is 16.6. The molecule has 0 atom stereocenters. The second-order valence-electron chi connectivity index (χ2n) is 4.27. The number of rotatable bonds is 7. The fraction of sp³-hybridized carbons (Fsp3) is 0.308. The highest BCUT2D eigenvalue weighted by Gasteiger charge is 2.05. The number of urea groups is 1. The molecule has 0 aliphatic rings. The molecule has 21 heavy (non-hydrogen) atoms. The first-order chi connectivity index (χ1) is 10.1. The lowest BCUT2D eigenvalue weighted by atomic mass is 10.3. The van der Waals surface area contributed by atoms with Gasteiger partial charge in [0.1, 0.15) is 0 Å². The van der Waals surface area contributed by atoms with Gasteiger partial charge < -0.3 is 16.0 Å². The van der Waals surface area contributed by atoms with Gasteiger partial charge in [0.2, 0.25) is 0 Å². The maximum absolute atomic E-state index is 11.5. The van der Waals surface area contributed by atoms with Gasteiger partial charge in [0.05, 0.1) is 14.4 Å². The quantitative estimate of drug-likeness (QED) is 0.637. The van der Waals surface area contributed by atoms with Gasteiger partial charge in [-0.3, -0.25) is 0 Å². The van der Waals surface area contributed by atoms with E-state index in [0.29, 0.717) is 17.4 Å². The minimum atomic E-state index is -0.180. The summed E-state index contributed by atoms with van der Waals surface area (Å²) in [7, 11) is 0. The molecule has 0 aliphatic carbocycles. The molecule has 2 aromatic heterocycles. The highest BCUT2D eigenvalue weighted by molar-refractivity contribution is 7.20. The van der Waals surface area contributed by atoms with Crippen molar-refractivity contribution in [1.29, 1.82) is 0 Å². The molecule has 0 saturated carbocycles. The molecule has 0 aliphatic heterocycles. The zero-order chi connectivity index (χ0) is 15.1. The largest absolute Gasteiger partial charge is 0.338 e. The van der Waals surface area contributed by atoms with E-state index >= 15 is 0 Å². The molecular formula is C13H15Cl2N3OS2. The van der Waals surface area contributed by atoms with Crippen LogP contribution in [0, 0.1) is 0 Å². The van der Waals surface area contributed by atoms with Crippen molar-refractivity contribution in [2.45, 2.75) is 13.0 Å². The Labute approximate surface area is 141 Å². The molecule has 0 bridgehead atoms. The van der Waals surface area contributed by atoms with Crippen LogP contribution in [-0.2, 0) is 6.54 Å². The second-order valence-corrected chi connectivity index (χ2v) is 7.34. The van der Waals surface area contributed by atoms with E-state index in [-0.39, 0.29) is 6.03 Å². The topological polar surface area (TPSA) is 53.2 Å². The van der Waals surface area contributed by atoms with Gasteiger partial charge in [0.15, 0.2) is 0 Å². The minimum Gasteiger partial charge on any atom is -0.338 e. The molecule has 0 saturated heterocycles. The van der Waals surface area contributed by atoms with Crippen LogP contribution in [0.3, 0.4) is 0 Å². The van der Waals surface area contributed by atoms with Gasteiger partial charge in [-0.05, 0) is 36.0 Å². The van der Waals surface area contributed by atoms with Crippen LogP contribution in [0.4, 0.5) is 10.5 Å². The molecule has 3 N–H and O–H groups in total. The highest BCUT2D eigenvalue weighted by Crippen LogP contribution is 2.30. The number of thiophene rings is 2. The van der Waals surface area contributed by atoms with Gasteiger partial charge in [-0.15, -0.1) is 11.3 Å². The Morgan fingerprint density at radius 3 is 2.81 bits per heavy atom. The van der Waals surface area contributed by atoms with E-state index < -0.39 is 0 Å². The predicted molar refractivity (Wildman–Crippen MR) is 92.0 cm³/mol. The summed E-state index contributed by atoms with van der Waals surface area (Å²) in [5.41, 5.74) is 1.83. The van der Waals surface area contributed by atoms with Gasteiger partial charge in [0, 0.05) is 18.5 Å². The maximum atomic E-state index is 11.5. The molecular weight excluding hydrogens is 349 g/mol. The Hall–Kier alpha value is -0.790. The zero-order valence-electron chi connectivity index (χ0n) is 11.1. The fourth-order valence-electron chi connectivity index (χ4n) is 1.64. The van der Waals surface area contributed by atoms with Gasteiger partial charge in [-0.2, -0.15) is 11.3 Å². The van der Waals surface area contributed by atoms with Crippen molar-refractivity contribution in [2.75, 3.05) is 18.4 Å². The van der Waals surface area contributed by atoms with Crippen molar-refractivity contribution in [2.24, 2.45) is 0 Å². The zero-order valence-corrected chi connectivity index (χ0v) is 14.3. The molecule has 0 spiro atoms. The Balaban J connectivity index is 1.54. The monoisotopic (exact) mass is 363 g/mol. The summed E-state index contributed by atoms with van der Waals surface area (Å²) in [6, 6.07) is 3.55. The predicted octanol–water partition coefficient (Wildman–Crippen LogP) is 4.42. The molecule has 114 valence electrons. The van der Waals surface area contributed by atoms with Crippen LogP contribution in [0.25, 0.3) is 0 Å². The molecule has 0 aromatic carbocycles. The number of halogens is 2. The smallest absolute Gasteiger partial charge is 0.319 e. The number of amides is 2. The Morgan fingerprint density at radius 1 is 1.29 bits per heavy atom. The maximum Gasteiger partial charge on any atom is 0.319 e. The number of carbonyl (C=O) groups is 1. The molecule has 0 radical (unpaired) electrons. The van der Waals surface area contributed by atoms with Crippen LogP contribution in [0.15, 0.2) is 22.9 Å². The van der Waals surface area contributed by atoms with E-state index in [4.69, 9.17) is 23.2 Å². The molecule has 0 unspecified atom stereocenters. The second kappa shape index (κ2) is 8.60. The van der Waals surface area contributed by atoms with Crippen molar-refractivity contribution in [3.63, 3.8) is 0 Å². The van der Waals surface area contributed by atoms with E-state index in [1.54, 1.807) is 11.3 Å².